The number of rotatable bonds is 5. The largest absolute Gasteiger partial charge is 0.459 e. The summed E-state index contributed by atoms with van der Waals surface area (Å²) in [6.07, 6.45) is -0.724. The Morgan fingerprint density at radius 1 is 1.18 bits per heavy atom. The highest BCUT2D eigenvalue weighted by atomic mass is 16.5. The van der Waals surface area contributed by atoms with Crippen molar-refractivity contribution in [2.45, 2.75) is 32.4 Å². The smallest absolute Gasteiger partial charge is 0.338 e. The Hall–Kier alpha value is -1.91. The molecule has 1 atom stereocenters. The number of benzene rings is 2. The number of aliphatic hydroxyl groups excluding tert-OH is 1. The van der Waals surface area contributed by atoms with Crippen molar-refractivity contribution >= 4 is 16.7 Å². The van der Waals surface area contributed by atoms with Gasteiger partial charge in [-0.25, -0.2) is 4.79 Å². The molecule has 0 aliphatic heterocycles. The minimum atomic E-state index is -0.724. The topological polar surface area (TPSA) is 58.6 Å². The van der Waals surface area contributed by atoms with Gasteiger partial charge < -0.3 is 15.2 Å². The van der Waals surface area contributed by atoms with Gasteiger partial charge in [-0.1, -0.05) is 36.4 Å². The van der Waals surface area contributed by atoms with Crippen molar-refractivity contribution in [1.29, 1.82) is 0 Å². The first-order valence-corrected chi connectivity index (χ1v) is 7.45. The Bertz CT molecular complexity index is 641. The first kappa shape index (κ1) is 16.5. The summed E-state index contributed by atoms with van der Waals surface area (Å²) in [7, 11) is 0. The molecule has 0 aromatic heterocycles. The second kappa shape index (κ2) is 6.90. The third-order valence-corrected chi connectivity index (χ3v) is 3.28. The third-order valence-electron chi connectivity index (χ3n) is 3.28. The lowest BCUT2D eigenvalue weighted by Gasteiger charge is -2.22. The lowest BCUT2D eigenvalue weighted by atomic mass is 10.0. The Morgan fingerprint density at radius 2 is 1.86 bits per heavy atom. The first-order valence-electron chi connectivity index (χ1n) is 7.45. The number of hydrogen-bond donors (Lipinski definition) is 2. The number of nitrogens with one attached hydrogen (secondary N) is 1. The number of carbonyl (C=O) groups excluding carboxylic acids is 1. The molecule has 2 rings (SSSR count). The summed E-state index contributed by atoms with van der Waals surface area (Å²) in [5.74, 6) is -0.411. The second-order valence-corrected chi connectivity index (χ2v) is 6.41. The van der Waals surface area contributed by atoms with Gasteiger partial charge in [0.15, 0.2) is 0 Å². The van der Waals surface area contributed by atoms with Crippen LogP contribution in [0.25, 0.3) is 10.8 Å². The van der Waals surface area contributed by atoms with Gasteiger partial charge in [-0.3, -0.25) is 0 Å². The van der Waals surface area contributed by atoms with Crippen molar-refractivity contribution < 1.29 is 14.6 Å². The Balaban J connectivity index is 1.97. The van der Waals surface area contributed by atoms with Gasteiger partial charge in [-0.2, -0.15) is 0 Å². The molecule has 4 heteroatoms. The summed E-state index contributed by atoms with van der Waals surface area (Å²) in [5, 5.41) is 14.9. The summed E-state index contributed by atoms with van der Waals surface area (Å²) < 4.78 is 5.23. The number of aliphatic hydroxyl groups is 1. The standard InChI is InChI=1S/C18H23NO3/c1-18(2,3)19-11-14(20)12-22-17(21)16-10-6-8-13-7-4-5-9-15(13)16/h4-10,14,19-20H,11-12H2,1-3H3/t14-/m0/s1. The summed E-state index contributed by atoms with van der Waals surface area (Å²) in [6, 6.07) is 13.2. The van der Waals surface area contributed by atoms with Crippen LogP contribution in [0.5, 0.6) is 0 Å². The molecule has 2 N–H and O–H groups in total. The van der Waals surface area contributed by atoms with E-state index in [1.54, 1.807) is 6.07 Å². The van der Waals surface area contributed by atoms with Crippen LogP contribution in [0.4, 0.5) is 0 Å². The van der Waals surface area contributed by atoms with Crippen LogP contribution >= 0.6 is 0 Å². The molecule has 0 saturated carbocycles. The number of hydrogen-bond acceptors (Lipinski definition) is 4. The van der Waals surface area contributed by atoms with E-state index in [9.17, 15) is 9.90 Å². The van der Waals surface area contributed by atoms with Crippen molar-refractivity contribution in [2.24, 2.45) is 0 Å². The van der Waals surface area contributed by atoms with Crippen molar-refractivity contribution in [2.75, 3.05) is 13.2 Å². The zero-order valence-corrected chi connectivity index (χ0v) is 13.3. The highest BCUT2D eigenvalue weighted by Crippen LogP contribution is 2.19. The van der Waals surface area contributed by atoms with Gasteiger partial charge in [0.25, 0.3) is 0 Å². The fraction of sp³-hybridized carbons (Fsp3) is 0.389. The predicted molar refractivity (Wildman–Crippen MR) is 88.0 cm³/mol. The minimum Gasteiger partial charge on any atom is -0.459 e. The van der Waals surface area contributed by atoms with Crippen LogP contribution in [0.1, 0.15) is 31.1 Å². The normalized spacial score (nSPS) is 13.1. The van der Waals surface area contributed by atoms with Gasteiger partial charge in [-0.05, 0) is 37.6 Å². The number of β-amino-alcohol motifs (C(OH)–C–C–N with tert-alkyl or cyclic N) is 1. The van der Waals surface area contributed by atoms with E-state index in [-0.39, 0.29) is 12.1 Å². The number of esters is 1. The molecular weight excluding hydrogens is 278 g/mol. The average Bonchev–Trinajstić information content (AvgIpc) is 2.49. The Morgan fingerprint density at radius 3 is 2.59 bits per heavy atom. The van der Waals surface area contributed by atoms with Crippen LogP contribution in [0.3, 0.4) is 0 Å². The van der Waals surface area contributed by atoms with E-state index in [1.807, 2.05) is 57.2 Å². The SMILES string of the molecule is CC(C)(C)NC[C@H](O)COC(=O)c1cccc2ccccc12. The first-order chi connectivity index (χ1) is 10.4. The molecule has 0 unspecified atom stereocenters. The maximum absolute atomic E-state index is 12.2. The van der Waals surface area contributed by atoms with E-state index < -0.39 is 12.1 Å². The number of ether oxygens (including phenoxy) is 1. The molecule has 0 heterocycles. The molecule has 2 aromatic rings. The predicted octanol–water partition coefficient (Wildman–Crippen LogP) is 2.75. The number of carbonyl (C=O) groups is 1. The molecule has 0 saturated heterocycles. The van der Waals surface area contributed by atoms with Crippen LogP contribution in [0.15, 0.2) is 42.5 Å². The lowest BCUT2D eigenvalue weighted by Crippen LogP contribution is -2.42. The van der Waals surface area contributed by atoms with Crippen LogP contribution in [0.2, 0.25) is 0 Å². The molecule has 0 amide bonds. The fourth-order valence-corrected chi connectivity index (χ4v) is 2.14. The van der Waals surface area contributed by atoms with E-state index in [4.69, 9.17) is 4.74 Å². The van der Waals surface area contributed by atoms with E-state index in [0.29, 0.717) is 12.1 Å². The van der Waals surface area contributed by atoms with Gasteiger partial charge in [0, 0.05) is 12.1 Å². The van der Waals surface area contributed by atoms with Gasteiger partial charge in [0.1, 0.15) is 12.7 Å². The van der Waals surface area contributed by atoms with Crippen molar-refractivity contribution in [3.8, 4) is 0 Å². The Kier molecular flexibility index (Phi) is 5.16. The van der Waals surface area contributed by atoms with Crippen molar-refractivity contribution in [1.82, 2.24) is 5.32 Å². The summed E-state index contributed by atoms with van der Waals surface area (Å²) in [5.41, 5.74) is 0.440. The molecule has 0 bridgehead atoms. The van der Waals surface area contributed by atoms with Crippen molar-refractivity contribution in [3.63, 3.8) is 0 Å². The highest BCUT2D eigenvalue weighted by Gasteiger charge is 2.15. The maximum atomic E-state index is 12.2. The van der Waals surface area contributed by atoms with Crippen LogP contribution < -0.4 is 5.32 Å². The second-order valence-electron chi connectivity index (χ2n) is 6.41. The molecule has 0 aliphatic carbocycles. The molecule has 0 spiro atoms. The molecule has 118 valence electrons. The zero-order valence-electron chi connectivity index (χ0n) is 13.3. The maximum Gasteiger partial charge on any atom is 0.338 e. The summed E-state index contributed by atoms with van der Waals surface area (Å²) in [4.78, 5) is 12.2. The summed E-state index contributed by atoms with van der Waals surface area (Å²) >= 11 is 0. The van der Waals surface area contributed by atoms with Gasteiger partial charge in [-0.15, -0.1) is 0 Å². The van der Waals surface area contributed by atoms with Gasteiger partial charge >= 0.3 is 5.97 Å². The number of fused-ring (bicyclic) bond motifs is 1. The molecular formula is C18H23NO3. The van der Waals surface area contributed by atoms with E-state index >= 15 is 0 Å². The Labute approximate surface area is 131 Å². The quantitative estimate of drug-likeness (QED) is 0.834. The minimum absolute atomic E-state index is 0.0227. The van der Waals surface area contributed by atoms with Crippen LogP contribution in [0, 0.1) is 0 Å². The molecule has 2 aromatic carbocycles. The monoisotopic (exact) mass is 301 g/mol. The average molecular weight is 301 g/mol. The van der Waals surface area contributed by atoms with Crippen molar-refractivity contribution in [3.05, 3.63) is 48.0 Å². The molecule has 22 heavy (non-hydrogen) atoms. The molecule has 0 fully saturated rings. The molecule has 0 aliphatic rings. The van der Waals surface area contributed by atoms with E-state index in [0.717, 1.165) is 10.8 Å². The van der Waals surface area contributed by atoms with Crippen LogP contribution in [-0.2, 0) is 4.74 Å². The van der Waals surface area contributed by atoms with Gasteiger partial charge in [0.2, 0.25) is 0 Å². The summed E-state index contributed by atoms with van der Waals surface area (Å²) in [6.45, 7) is 6.41. The van der Waals surface area contributed by atoms with Gasteiger partial charge in [0.05, 0.1) is 5.56 Å². The van der Waals surface area contributed by atoms with Crippen LogP contribution in [-0.4, -0.2) is 35.9 Å². The van der Waals surface area contributed by atoms with E-state index in [2.05, 4.69) is 5.32 Å². The lowest BCUT2D eigenvalue weighted by molar-refractivity contribution is 0.0249. The molecule has 4 nitrogen and oxygen atoms in total. The van der Waals surface area contributed by atoms with E-state index in [1.165, 1.54) is 0 Å². The highest BCUT2D eigenvalue weighted by molar-refractivity contribution is 6.04. The molecule has 0 radical (unpaired) electrons. The fourth-order valence-electron chi connectivity index (χ4n) is 2.14. The third kappa shape index (κ3) is 4.55. The zero-order chi connectivity index (χ0) is 16.2.